The summed E-state index contributed by atoms with van der Waals surface area (Å²) in [6, 6.07) is 4.03. The highest BCUT2D eigenvalue weighted by atomic mass is 32.1. The minimum absolute atomic E-state index is 0.192. The van der Waals surface area contributed by atoms with Gasteiger partial charge in [-0.25, -0.2) is 0 Å². The molecule has 6 heteroatoms. The quantitative estimate of drug-likeness (QED) is 0.505. The van der Waals surface area contributed by atoms with E-state index in [0.717, 1.165) is 46.9 Å². The first-order valence-corrected chi connectivity index (χ1v) is 10.5. The molecule has 1 aromatic carbocycles. The van der Waals surface area contributed by atoms with Gasteiger partial charge in [0.05, 0.1) is 5.56 Å². The molecule has 0 bridgehead atoms. The standard InChI is InChI=1S/C22H26F3NS2/c1-13(2)19-17-11-21(3,4)9-8-18(17)28-20(19)16-10-15(22(23,24)25)7-6-14(16)12-26(5)27/h6-7,10,27H,1,8-9,11-12H2,2-5H3. The van der Waals surface area contributed by atoms with E-state index in [2.05, 4.69) is 33.2 Å². The minimum atomic E-state index is -4.37. The number of benzene rings is 1. The van der Waals surface area contributed by atoms with Crippen LogP contribution in [0.4, 0.5) is 13.2 Å². The van der Waals surface area contributed by atoms with Gasteiger partial charge in [0.1, 0.15) is 0 Å². The fourth-order valence-corrected chi connectivity index (χ4v) is 5.51. The molecule has 1 heterocycles. The van der Waals surface area contributed by atoms with Crippen molar-refractivity contribution in [3.05, 3.63) is 51.9 Å². The lowest BCUT2D eigenvalue weighted by Gasteiger charge is -2.30. The van der Waals surface area contributed by atoms with E-state index in [-0.39, 0.29) is 5.41 Å². The molecule has 0 saturated carbocycles. The molecule has 0 fully saturated rings. The first-order valence-electron chi connectivity index (χ1n) is 9.30. The number of thiol groups is 1. The molecule has 2 aromatic rings. The Morgan fingerprint density at radius 3 is 2.57 bits per heavy atom. The Balaban J connectivity index is 2.25. The molecule has 0 saturated heterocycles. The molecule has 28 heavy (non-hydrogen) atoms. The van der Waals surface area contributed by atoms with Crippen molar-refractivity contribution in [2.75, 3.05) is 7.05 Å². The third-order valence-corrected chi connectivity index (χ3v) is 6.75. The van der Waals surface area contributed by atoms with Crippen LogP contribution in [0.3, 0.4) is 0 Å². The average molecular weight is 426 g/mol. The van der Waals surface area contributed by atoms with Gasteiger partial charge in [-0.15, -0.1) is 11.3 Å². The molecule has 0 spiro atoms. The van der Waals surface area contributed by atoms with Gasteiger partial charge in [0.2, 0.25) is 0 Å². The van der Waals surface area contributed by atoms with Crippen LogP contribution in [0.2, 0.25) is 0 Å². The summed E-state index contributed by atoms with van der Waals surface area (Å²) in [7, 11) is 1.80. The van der Waals surface area contributed by atoms with Gasteiger partial charge < -0.3 is 0 Å². The molecule has 3 rings (SSSR count). The van der Waals surface area contributed by atoms with Gasteiger partial charge in [0, 0.05) is 16.3 Å². The normalized spacial score (nSPS) is 16.3. The number of aryl methyl sites for hydroxylation is 1. The zero-order valence-electron chi connectivity index (χ0n) is 16.7. The third kappa shape index (κ3) is 4.34. The van der Waals surface area contributed by atoms with E-state index in [9.17, 15) is 13.2 Å². The number of hydrogen-bond acceptors (Lipinski definition) is 3. The van der Waals surface area contributed by atoms with Crippen LogP contribution in [0.25, 0.3) is 16.0 Å². The van der Waals surface area contributed by atoms with Crippen molar-refractivity contribution < 1.29 is 13.2 Å². The maximum Gasteiger partial charge on any atom is 0.416 e. The van der Waals surface area contributed by atoms with E-state index in [0.29, 0.717) is 12.1 Å². The summed E-state index contributed by atoms with van der Waals surface area (Å²) in [5.41, 5.74) is 4.27. The zero-order chi connectivity index (χ0) is 20.9. The van der Waals surface area contributed by atoms with E-state index in [1.54, 1.807) is 28.8 Å². The first-order chi connectivity index (χ1) is 12.9. The Bertz CT molecular complexity index is 907. The maximum atomic E-state index is 13.4. The Morgan fingerprint density at radius 1 is 1.32 bits per heavy atom. The second-order valence-corrected chi connectivity index (χ2v) is 10.3. The van der Waals surface area contributed by atoms with Crippen molar-refractivity contribution in [2.24, 2.45) is 5.41 Å². The van der Waals surface area contributed by atoms with E-state index in [1.165, 1.54) is 16.5 Å². The lowest BCUT2D eigenvalue weighted by Crippen LogP contribution is -2.21. The molecular weight excluding hydrogens is 399 g/mol. The van der Waals surface area contributed by atoms with Crippen molar-refractivity contribution in [1.29, 1.82) is 0 Å². The predicted molar refractivity (Wildman–Crippen MR) is 116 cm³/mol. The Hall–Kier alpha value is -1.24. The maximum absolute atomic E-state index is 13.4. The molecule has 1 aliphatic carbocycles. The Kier molecular flexibility index (Phi) is 5.78. The molecule has 1 aliphatic rings. The fourth-order valence-electron chi connectivity index (χ4n) is 3.91. The topological polar surface area (TPSA) is 3.24 Å². The number of allylic oxidation sites excluding steroid dienone is 1. The van der Waals surface area contributed by atoms with Gasteiger partial charge >= 0.3 is 6.18 Å². The average Bonchev–Trinajstić information content (AvgIpc) is 2.90. The summed E-state index contributed by atoms with van der Waals surface area (Å²) in [4.78, 5) is 2.20. The van der Waals surface area contributed by atoms with Crippen LogP contribution < -0.4 is 0 Å². The van der Waals surface area contributed by atoms with Crippen LogP contribution in [0, 0.1) is 5.41 Å². The number of thiophene rings is 1. The number of fused-ring (bicyclic) bond motifs is 1. The van der Waals surface area contributed by atoms with Crippen LogP contribution in [0.1, 0.15) is 54.3 Å². The second-order valence-electron chi connectivity index (χ2n) is 8.51. The summed E-state index contributed by atoms with van der Waals surface area (Å²) in [6.45, 7) is 11.1. The van der Waals surface area contributed by atoms with Crippen LogP contribution in [0.15, 0.2) is 24.8 Å². The molecule has 0 unspecified atom stereocenters. The fraction of sp³-hybridized carbons (Fsp3) is 0.455. The zero-order valence-corrected chi connectivity index (χ0v) is 18.4. The Labute approximate surface area is 174 Å². The molecule has 1 nitrogen and oxygen atoms in total. The van der Waals surface area contributed by atoms with Crippen LogP contribution >= 0.6 is 24.2 Å². The summed E-state index contributed by atoms with van der Waals surface area (Å²) < 4.78 is 42.0. The van der Waals surface area contributed by atoms with Gasteiger partial charge in [0.15, 0.2) is 0 Å². The molecule has 1 aromatic heterocycles. The number of alkyl halides is 3. The summed E-state index contributed by atoms with van der Waals surface area (Å²) >= 11 is 5.94. The monoisotopic (exact) mass is 425 g/mol. The van der Waals surface area contributed by atoms with Crippen molar-refractivity contribution in [2.45, 2.75) is 52.8 Å². The Morgan fingerprint density at radius 2 is 2.00 bits per heavy atom. The van der Waals surface area contributed by atoms with Gasteiger partial charge in [0.25, 0.3) is 0 Å². The highest BCUT2D eigenvalue weighted by Crippen LogP contribution is 2.48. The lowest BCUT2D eigenvalue weighted by molar-refractivity contribution is -0.137. The smallest absolute Gasteiger partial charge is 0.252 e. The van der Waals surface area contributed by atoms with Crippen molar-refractivity contribution in [1.82, 2.24) is 4.31 Å². The van der Waals surface area contributed by atoms with Gasteiger partial charge in [-0.05, 0) is 78.6 Å². The lowest BCUT2D eigenvalue weighted by atomic mass is 9.75. The van der Waals surface area contributed by atoms with Crippen LogP contribution in [-0.4, -0.2) is 11.4 Å². The molecule has 0 N–H and O–H groups in total. The number of nitrogens with zero attached hydrogens (tertiary/aromatic N) is 1. The SMILES string of the molecule is C=C(C)c1c(-c2cc(C(F)(F)F)ccc2CN(C)S)sc2c1CC(C)(C)CC2. The summed E-state index contributed by atoms with van der Waals surface area (Å²) in [6.07, 6.45) is -1.39. The van der Waals surface area contributed by atoms with E-state index in [1.807, 2.05) is 6.92 Å². The summed E-state index contributed by atoms with van der Waals surface area (Å²) in [5, 5.41) is 0. The van der Waals surface area contributed by atoms with Crippen molar-refractivity contribution in [3.8, 4) is 10.4 Å². The molecule has 0 aliphatic heterocycles. The molecule has 0 radical (unpaired) electrons. The highest BCUT2D eigenvalue weighted by molar-refractivity contribution is 7.77. The van der Waals surface area contributed by atoms with E-state index >= 15 is 0 Å². The predicted octanol–water partition coefficient (Wildman–Crippen LogP) is 7.26. The van der Waals surface area contributed by atoms with Gasteiger partial charge in [-0.2, -0.15) is 13.2 Å². The minimum Gasteiger partial charge on any atom is -0.252 e. The first kappa shape index (κ1) is 21.5. The molecule has 0 atom stereocenters. The number of rotatable bonds is 4. The van der Waals surface area contributed by atoms with Crippen molar-refractivity contribution >= 4 is 29.7 Å². The van der Waals surface area contributed by atoms with E-state index in [4.69, 9.17) is 0 Å². The van der Waals surface area contributed by atoms with Crippen LogP contribution in [-0.2, 0) is 25.6 Å². The third-order valence-electron chi connectivity index (χ3n) is 5.28. The number of halogens is 3. The second kappa shape index (κ2) is 7.54. The van der Waals surface area contributed by atoms with Crippen molar-refractivity contribution in [3.63, 3.8) is 0 Å². The summed E-state index contributed by atoms with van der Waals surface area (Å²) in [5.74, 6) is 0. The highest BCUT2D eigenvalue weighted by Gasteiger charge is 2.34. The molecular formula is C22H26F3NS2. The van der Waals surface area contributed by atoms with E-state index < -0.39 is 11.7 Å². The molecule has 0 amide bonds. The van der Waals surface area contributed by atoms with Gasteiger partial charge in [-0.3, -0.25) is 4.31 Å². The van der Waals surface area contributed by atoms with Gasteiger partial charge in [-0.1, -0.05) is 39.3 Å². The molecule has 152 valence electrons. The van der Waals surface area contributed by atoms with Crippen LogP contribution in [0.5, 0.6) is 0 Å². The largest absolute Gasteiger partial charge is 0.416 e. The number of hydrogen-bond donors (Lipinski definition) is 1.